The first kappa shape index (κ1) is 32.2. The van der Waals surface area contributed by atoms with Crippen LogP contribution < -0.4 is 18.5 Å². The molecule has 0 aliphatic rings. The number of ether oxygens (including phenoxy) is 1. The normalized spacial score (nSPS) is 11.5. The molecule has 0 unspecified atom stereocenters. The molecule has 4 aromatic rings. The van der Waals surface area contributed by atoms with Crippen LogP contribution in [0.25, 0.3) is 0 Å². The molecule has 0 atom stereocenters. The second-order valence-corrected chi connectivity index (χ2v) is 14.1. The Morgan fingerprint density at radius 2 is 1.27 bits per heavy atom. The van der Waals surface area contributed by atoms with Crippen molar-refractivity contribution in [3.05, 3.63) is 125 Å². The molecule has 0 aliphatic carbocycles. The molecule has 0 saturated carbocycles. The van der Waals surface area contributed by atoms with Crippen LogP contribution >= 0.6 is 0 Å². The van der Waals surface area contributed by atoms with Crippen LogP contribution in [0.4, 0.5) is 11.4 Å². The quantitative estimate of drug-likeness (QED) is 0.202. The van der Waals surface area contributed by atoms with Gasteiger partial charge in [0.2, 0.25) is 20.0 Å². The van der Waals surface area contributed by atoms with Gasteiger partial charge in [0.15, 0.2) is 5.78 Å². The van der Waals surface area contributed by atoms with Crippen molar-refractivity contribution >= 4 is 43.2 Å². The Bertz CT molecular complexity index is 1840. The summed E-state index contributed by atoms with van der Waals surface area (Å²) in [5.41, 5.74) is 3.70. The van der Waals surface area contributed by atoms with E-state index >= 15 is 0 Å². The number of rotatable bonds is 13. The zero-order chi connectivity index (χ0) is 32.1. The molecule has 12 heteroatoms. The van der Waals surface area contributed by atoms with E-state index in [1.165, 1.54) is 12.1 Å². The average Bonchev–Trinajstić information content (AvgIpc) is 2.96. The Morgan fingerprint density at radius 3 is 1.86 bits per heavy atom. The second kappa shape index (κ2) is 13.3. The van der Waals surface area contributed by atoms with Gasteiger partial charge in [-0.15, -0.1) is 0 Å². The number of anilines is 2. The van der Waals surface area contributed by atoms with Crippen molar-refractivity contribution in [1.82, 2.24) is 0 Å². The van der Waals surface area contributed by atoms with Crippen LogP contribution in [0.15, 0.2) is 97.1 Å². The van der Waals surface area contributed by atoms with Crippen molar-refractivity contribution in [2.45, 2.75) is 20.0 Å². The molecule has 10 nitrogen and oxygen atoms in total. The van der Waals surface area contributed by atoms with E-state index in [1.54, 1.807) is 61.5 Å². The molecule has 0 spiro atoms. The van der Waals surface area contributed by atoms with Crippen LogP contribution in [-0.2, 0) is 37.9 Å². The fourth-order valence-electron chi connectivity index (χ4n) is 4.80. The van der Waals surface area contributed by atoms with Crippen LogP contribution in [0.3, 0.4) is 0 Å². The maximum atomic E-state index is 13.1. The summed E-state index contributed by atoms with van der Waals surface area (Å²) in [7, 11) is -8.29. The maximum Gasteiger partial charge on any atom is 0.245 e. The Morgan fingerprint density at radius 1 is 0.705 bits per heavy atom. The molecule has 0 aliphatic heterocycles. The Balaban J connectivity index is 1.66. The zero-order valence-electron chi connectivity index (χ0n) is 24.3. The van der Waals surface area contributed by atoms with E-state index in [-0.39, 0.29) is 17.2 Å². The summed E-state index contributed by atoms with van der Waals surface area (Å²) in [4.78, 5) is 25.9. The molecule has 0 saturated heterocycles. The molecule has 4 aromatic carbocycles. The van der Waals surface area contributed by atoms with Gasteiger partial charge in [0.25, 0.3) is 0 Å². The summed E-state index contributed by atoms with van der Waals surface area (Å²) in [6.07, 6.45) is 1.70. The van der Waals surface area contributed by atoms with E-state index in [2.05, 4.69) is 0 Å². The fraction of sp³-hybridized carbons (Fsp3) is 0.188. The molecule has 0 heterocycles. The first-order valence-corrected chi connectivity index (χ1v) is 17.1. The largest absolute Gasteiger partial charge is 0.546 e. The van der Waals surface area contributed by atoms with Gasteiger partial charge in [-0.2, -0.15) is 3.71 Å². The summed E-state index contributed by atoms with van der Waals surface area (Å²) in [6, 6.07) is 27.7. The number of aliphatic carboxylic acids is 1. The Labute approximate surface area is 257 Å². The van der Waals surface area contributed by atoms with Crippen LogP contribution in [0.1, 0.15) is 32.6 Å². The molecule has 0 radical (unpaired) electrons. The lowest BCUT2D eigenvalue weighted by atomic mass is 10.0. The lowest BCUT2D eigenvalue weighted by Crippen LogP contribution is -2.36. The predicted octanol–water partition coefficient (Wildman–Crippen LogP) is 3.29. The number of carbonyl (C=O) groups is 2. The molecule has 0 bridgehead atoms. The fourth-order valence-corrected chi connectivity index (χ4v) is 7.88. The van der Waals surface area contributed by atoms with Crippen LogP contribution in [0, 0.1) is 6.92 Å². The van der Waals surface area contributed by atoms with Gasteiger partial charge >= 0.3 is 0 Å². The summed E-state index contributed by atoms with van der Waals surface area (Å²) in [5.74, 6) is -1.42. The first-order valence-electron chi connectivity index (χ1n) is 13.4. The molecule has 230 valence electrons. The van der Waals surface area contributed by atoms with Gasteiger partial charge in [0.1, 0.15) is 12.4 Å². The van der Waals surface area contributed by atoms with Gasteiger partial charge in [-0.25, -0.2) is 16.8 Å². The third kappa shape index (κ3) is 8.03. The molecule has 4 rings (SSSR count). The van der Waals surface area contributed by atoms with Gasteiger partial charge in [-0.1, -0.05) is 72.8 Å². The molecule has 0 N–H and O–H groups in total. The molecule has 44 heavy (non-hydrogen) atoms. The predicted molar refractivity (Wildman–Crippen MR) is 166 cm³/mol. The number of hydrogen-bond acceptors (Lipinski definition) is 9. The number of ketones is 1. The second-order valence-electron chi connectivity index (χ2n) is 10.2. The highest BCUT2D eigenvalue weighted by atomic mass is 32.3. The summed E-state index contributed by atoms with van der Waals surface area (Å²) in [6.45, 7) is 1.84. The number of benzene rings is 4. The summed E-state index contributed by atoms with van der Waals surface area (Å²) >= 11 is 0. The molecule has 0 amide bonds. The van der Waals surface area contributed by atoms with Gasteiger partial charge in [-0.05, 0) is 47.9 Å². The minimum Gasteiger partial charge on any atom is -0.546 e. The average molecular weight is 636 g/mol. The van der Waals surface area contributed by atoms with E-state index in [9.17, 15) is 31.5 Å². The minimum absolute atomic E-state index is 0.0392. The smallest absolute Gasteiger partial charge is 0.245 e. The van der Waals surface area contributed by atoms with Crippen LogP contribution in [0.2, 0.25) is 0 Å². The highest BCUT2D eigenvalue weighted by Crippen LogP contribution is 2.34. The standard InChI is InChI=1S/C32H32N2O8S2/c1-23-29(13-8-14-30(23)34(43(2,38)39)44(3,40)41)33(20-24-9-5-4-6-10-24)21-25-15-17-26(18-16-25)32(37)27-11-7-12-28(19-27)42-22-31(35)36/h4-19H,20-22H2,1-3H3,(H,35,36)/p-1. The number of hydrogen-bond donors (Lipinski definition) is 0. The molecular weight excluding hydrogens is 604 g/mol. The van der Waals surface area contributed by atoms with Crippen molar-refractivity contribution < 1.29 is 36.3 Å². The number of carboxylic acids is 1. The van der Waals surface area contributed by atoms with Gasteiger partial charge in [-0.3, -0.25) is 4.79 Å². The molecule has 0 aromatic heterocycles. The van der Waals surface area contributed by atoms with Crippen LogP contribution in [0.5, 0.6) is 5.75 Å². The van der Waals surface area contributed by atoms with Crippen molar-refractivity contribution in [1.29, 1.82) is 0 Å². The first-order chi connectivity index (χ1) is 20.7. The number of nitrogens with zero attached hydrogens (tertiary/aromatic N) is 2. The van der Waals surface area contributed by atoms with Crippen molar-refractivity contribution in [3.8, 4) is 5.75 Å². The van der Waals surface area contributed by atoms with E-state index in [4.69, 9.17) is 4.74 Å². The van der Waals surface area contributed by atoms with Crippen LogP contribution in [-0.4, -0.2) is 47.7 Å². The van der Waals surface area contributed by atoms with Gasteiger partial charge < -0.3 is 19.5 Å². The third-order valence-corrected chi connectivity index (χ3v) is 9.90. The van der Waals surface area contributed by atoms with Crippen molar-refractivity contribution in [3.63, 3.8) is 0 Å². The lowest BCUT2D eigenvalue weighted by molar-refractivity contribution is -0.307. The SMILES string of the molecule is Cc1c(N(Cc2ccccc2)Cc2ccc(C(=O)c3cccc(OCC(=O)[O-])c3)cc2)cccc1N(S(C)(=O)=O)S(C)(=O)=O. The van der Waals surface area contributed by atoms with Gasteiger partial charge in [0.05, 0.1) is 24.2 Å². The van der Waals surface area contributed by atoms with E-state index in [1.807, 2.05) is 35.2 Å². The maximum absolute atomic E-state index is 13.1. The van der Waals surface area contributed by atoms with E-state index < -0.39 is 32.6 Å². The van der Waals surface area contributed by atoms with E-state index in [0.29, 0.717) is 39.2 Å². The Kier molecular flexibility index (Phi) is 9.75. The van der Waals surface area contributed by atoms with Crippen molar-refractivity contribution in [2.24, 2.45) is 0 Å². The minimum atomic E-state index is -4.15. The molecular formula is C32H31N2O8S2-. The highest BCUT2D eigenvalue weighted by molar-refractivity contribution is 8.09. The zero-order valence-corrected chi connectivity index (χ0v) is 26.0. The third-order valence-electron chi connectivity index (χ3n) is 6.68. The summed E-state index contributed by atoms with van der Waals surface area (Å²) < 4.78 is 55.7. The highest BCUT2D eigenvalue weighted by Gasteiger charge is 2.30. The summed E-state index contributed by atoms with van der Waals surface area (Å²) in [5, 5.41) is 10.7. The lowest BCUT2D eigenvalue weighted by Gasteiger charge is -2.30. The Hall–Kier alpha value is -4.68. The van der Waals surface area contributed by atoms with E-state index in [0.717, 1.165) is 23.6 Å². The van der Waals surface area contributed by atoms with Crippen molar-refractivity contribution in [2.75, 3.05) is 27.7 Å². The number of carboxylic acid groups (broad SMARTS) is 1. The monoisotopic (exact) mass is 635 g/mol. The number of sulfonamides is 2. The van der Waals surface area contributed by atoms with Gasteiger partial charge in [0, 0.05) is 29.9 Å². The molecule has 0 fully saturated rings. The number of carbonyl (C=O) groups excluding carboxylic acids is 2. The topological polar surface area (TPSA) is 141 Å².